The van der Waals surface area contributed by atoms with Crippen LogP contribution in [-0.4, -0.2) is 16.1 Å². The van der Waals surface area contributed by atoms with Gasteiger partial charge in [0, 0.05) is 16.3 Å². The first-order valence-electron chi connectivity index (χ1n) is 10.0. The maximum Gasteiger partial charge on any atom is 0.276 e. The van der Waals surface area contributed by atoms with Crippen molar-refractivity contribution < 1.29 is 4.79 Å². The molecule has 29 heavy (non-hydrogen) atoms. The molecule has 0 aliphatic heterocycles. The largest absolute Gasteiger partial charge is 0.345 e. The van der Waals surface area contributed by atoms with Crippen LogP contribution in [0.25, 0.3) is 10.8 Å². The number of nitrogens with one attached hydrogen (secondary N) is 2. The van der Waals surface area contributed by atoms with Crippen LogP contribution in [0, 0.1) is 6.92 Å². The molecule has 3 rings (SSSR count). The number of hydrogen-bond donors (Lipinski definition) is 2. The maximum absolute atomic E-state index is 13.4. The smallest absolute Gasteiger partial charge is 0.276 e. The Labute approximate surface area is 171 Å². The van der Waals surface area contributed by atoms with Crippen molar-refractivity contribution in [2.75, 3.05) is 5.43 Å². The number of aromatic nitrogens is 1. The van der Waals surface area contributed by atoms with Crippen LogP contribution in [0.15, 0.2) is 59.4 Å². The van der Waals surface area contributed by atoms with Gasteiger partial charge in [0.1, 0.15) is 0 Å². The minimum absolute atomic E-state index is 0.0992. The number of carbonyl (C=O) groups excluding carboxylic acids is 1. The van der Waals surface area contributed by atoms with Crippen molar-refractivity contribution in [1.82, 2.24) is 9.99 Å². The molecule has 5 nitrogen and oxygen atoms in total. The van der Waals surface area contributed by atoms with Gasteiger partial charge in [0.2, 0.25) is 0 Å². The monoisotopic (exact) mass is 391 g/mol. The number of fused-ring (bicyclic) bond motifs is 1. The summed E-state index contributed by atoms with van der Waals surface area (Å²) in [4.78, 5) is 26.5. The van der Waals surface area contributed by atoms with Crippen LogP contribution in [0.4, 0.5) is 0 Å². The third kappa shape index (κ3) is 4.34. The SMILES string of the molecule is CC[C@H](NC(=O)c1c(C)n(NC(C)(C)C)c(=O)c2ccccc12)c1ccccc1. The van der Waals surface area contributed by atoms with Gasteiger partial charge >= 0.3 is 0 Å². The quantitative estimate of drug-likeness (QED) is 0.671. The standard InChI is InChI=1S/C24H29N3O2/c1-6-20(17-12-8-7-9-13-17)25-22(28)21-16(2)27(26-24(3,4)5)23(29)19-15-11-10-14-18(19)21/h7-15,20,26H,6H2,1-5H3,(H,25,28)/t20-/m0/s1. The molecule has 2 aromatic carbocycles. The molecule has 2 N–H and O–H groups in total. The Kier molecular flexibility index (Phi) is 5.78. The predicted octanol–water partition coefficient (Wildman–Crippen LogP) is 4.53. The molecular formula is C24H29N3O2. The number of carbonyl (C=O) groups is 1. The van der Waals surface area contributed by atoms with E-state index in [1.807, 2.05) is 83.1 Å². The molecule has 5 heteroatoms. The van der Waals surface area contributed by atoms with Crippen molar-refractivity contribution in [3.05, 3.63) is 81.8 Å². The fourth-order valence-corrected chi connectivity index (χ4v) is 3.56. The number of hydrogen-bond acceptors (Lipinski definition) is 3. The lowest BCUT2D eigenvalue weighted by atomic mass is 10.0. The predicted molar refractivity (Wildman–Crippen MR) is 119 cm³/mol. The molecule has 0 radical (unpaired) electrons. The maximum atomic E-state index is 13.4. The highest BCUT2D eigenvalue weighted by Gasteiger charge is 2.23. The van der Waals surface area contributed by atoms with Gasteiger partial charge in [-0.3, -0.25) is 9.59 Å². The fraction of sp³-hybridized carbons (Fsp3) is 0.333. The number of pyridine rings is 1. The second-order valence-electron chi connectivity index (χ2n) is 8.35. The zero-order chi connectivity index (χ0) is 21.2. The van der Waals surface area contributed by atoms with Gasteiger partial charge in [-0.1, -0.05) is 55.5 Å². The van der Waals surface area contributed by atoms with Crippen LogP contribution in [-0.2, 0) is 0 Å². The van der Waals surface area contributed by atoms with Gasteiger partial charge in [-0.25, -0.2) is 4.68 Å². The summed E-state index contributed by atoms with van der Waals surface area (Å²) in [6, 6.07) is 17.1. The highest BCUT2D eigenvalue weighted by atomic mass is 16.2. The van der Waals surface area contributed by atoms with Crippen LogP contribution in [0.1, 0.15) is 61.8 Å². The van der Waals surface area contributed by atoms with Crippen molar-refractivity contribution in [1.29, 1.82) is 0 Å². The van der Waals surface area contributed by atoms with E-state index in [1.165, 1.54) is 4.68 Å². The second-order valence-corrected chi connectivity index (χ2v) is 8.35. The summed E-state index contributed by atoms with van der Waals surface area (Å²) in [5, 5.41) is 4.35. The summed E-state index contributed by atoms with van der Waals surface area (Å²) in [5.74, 6) is -0.182. The van der Waals surface area contributed by atoms with Gasteiger partial charge in [0.05, 0.1) is 17.3 Å². The number of amides is 1. The Morgan fingerprint density at radius 1 is 1.00 bits per heavy atom. The lowest BCUT2D eigenvalue weighted by Crippen LogP contribution is -2.43. The Bertz CT molecular complexity index is 1080. The third-order valence-electron chi connectivity index (χ3n) is 4.92. The summed E-state index contributed by atoms with van der Waals surface area (Å²) in [6.07, 6.45) is 0.770. The van der Waals surface area contributed by atoms with Crippen LogP contribution in [0.5, 0.6) is 0 Å². The van der Waals surface area contributed by atoms with Crippen molar-refractivity contribution in [3.8, 4) is 0 Å². The minimum atomic E-state index is -0.333. The number of benzene rings is 2. The molecule has 0 fully saturated rings. The lowest BCUT2D eigenvalue weighted by molar-refractivity contribution is 0.0935. The first kappa shape index (κ1) is 20.6. The normalized spacial score (nSPS) is 12.6. The van der Waals surface area contributed by atoms with Crippen molar-refractivity contribution in [2.45, 2.75) is 52.6 Å². The van der Waals surface area contributed by atoms with Crippen LogP contribution in [0.2, 0.25) is 0 Å². The number of nitrogens with zero attached hydrogens (tertiary/aromatic N) is 1. The van der Waals surface area contributed by atoms with Gasteiger partial charge in [0.25, 0.3) is 11.5 Å². The van der Waals surface area contributed by atoms with Gasteiger partial charge in [-0.15, -0.1) is 0 Å². The average molecular weight is 392 g/mol. The molecule has 1 heterocycles. The minimum Gasteiger partial charge on any atom is -0.345 e. The van der Waals surface area contributed by atoms with Crippen LogP contribution < -0.4 is 16.3 Å². The fourth-order valence-electron chi connectivity index (χ4n) is 3.56. The zero-order valence-corrected chi connectivity index (χ0v) is 17.7. The Morgan fingerprint density at radius 2 is 1.59 bits per heavy atom. The molecule has 0 unspecified atom stereocenters. The lowest BCUT2D eigenvalue weighted by Gasteiger charge is -2.27. The number of rotatable bonds is 5. The summed E-state index contributed by atoms with van der Waals surface area (Å²) in [5.41, 5.74) is 4.92. The van der Waals surface area contributed by atoms with Crippen molar-refractivity contribution in [3.63, 3.8) is 0 Å². The van der Waals surface area contributed by atoms with Gasteiger partial charge in [0.15, 0.2) is 0 Å². The Hall–Kier alpha value is -3.08. The van der Waals surface area contributed by atoms with E-state index in [1.54, 1.807) is 6.07 Å². The van der Waals surface area contributed by atoms with Crippen LogP contribution in [0.3, 0.4) is 0 Å². The van der Waals surface area contributed by atoms with Crippen molar-refractivity contribution in [2.24, 2.45) is 0 Å². The first-order chi connectivity index (χ1) is 13.7. The second kappa shape index (κ2) is 8.11. The van der Waals surface area contributed by atoms with Gasteiger partial charge < -0.3 is 10.7 Å². The average Bonchev–Trinajstić information content (AvgIpc) is 2.69. The molecule has 1 aromatic heterocycles. The molecular weight excluding hydrogens is 362 g/mol. The van der Waals surface area contributed by atoms with E-state index in [-0.39, 0.29) is 23.0 Å². The summed E-state index contributed by atoms with van der Waals surface area (Å²) in [7, 11) is 0. The topological polar surface area (TPSA) is 63.1 Å². The summed E-state index contributed by atoms with van der Waals surface area (Å²) in [6.45, 7) is 9.80. The molecule has 1 amide bonds. The van der Waals surface area contributed by atoms with E-state index < -0.39 is 0 Å². The molecule has 152 valence electrons. The highest BCUT2D eigenvalue weighted by Crippen LogP contribution is 2.22. The van der Waals surface area contributed by atoms with Crippen LogP contribution >= 0.6 is 0 Å². The molecule has 1 atom stereocenters. The summed E-state index contributed by atoms with van der Waals surface area (Å²) >= 11 is 0. The zero-order valence-electron chi connectivity index (χ0n) is 17.7. The molecule has 3 aromatic rings. The molecule has 0 spiro atoms. The molecule has 0 saturated carbocycles. The molecule has 0 aliphatic carbocycles. The van der Waals surface area contributed by atoms with E-state index in [9.17, 15) is 9.59 Å². The van der Waals surface area contributed by atoms with E-state index >= 15 is 0 Å². The van der Waals surface area contributed by atoms with E-state index in [2.05, 4.69) is 10.7 Å². The Morgan fingerprint density at radius 3 is 2.17 bits per heavy atom. The van der Waals surface area contributed by atoms with Crippen molar-refractivity contribution >= 4 is 16.7 Å². The van der Waals surface area contributed by atoms with E-state index in [4.69, 9.17) is 0 Å². The first-order valence-corrected chi connectivity index (χ1v) is 10.0. The van der Waals surface area contributed by atoms with Gasteiger partial charge in [-0.2, -0.15) is 0 Å². The summed E-state index contributed by atoms with van der Waals surface area (Å²) < 4.78 is 1.50. The van der Waals surface area contributed by atoms with E-state index in [0.717, 1.165) is 12.0 Å². The third-order valence-corrected chi connectivity index (χ3v) is 4.92. The van der Waals surface area contributed by atoms with E-state index in [0.29, 0.717) is 22.0 Å². The Balaban J connectivity index is 2.12. The molecule has 0 bridgehead atoms. The molecule has 0 saturated heterocycles. The van der Waals surface area contributed by atoms with Gasteiger partial charge in [-0.05, 0) is 45.7 Å². The molecule has 0 aliphatic rings. The highest BCUT2D eigenvalue weighted by molar-refractivity contribution is 6.07.